The van der Waals surface area contributed by atoms with Gasteiger partial charge >= 0.3 is 12.0 Å². The fraction of sp³-hybridized carbons (Fsp3) is 0.429. The van der Waals surface area contributed by atoms with Crippen LogP contribution in [-0.4, -0.2) is 41.7 Å². The zero-order chi connectivity index (χ0) is 14.8. The number of aliphatic carboxylic acids is 1. The Labute approximate surface area is 123 Å². The van der Waals surface area contributed by atoms with Gasteiger partial charge in [-0.15, -0.1) is 0 Å². The van der Waals surface area contributed by atoms with Crippen molar-refractivity contribution in [3.8, 4) is 0 Å². The number of nitrogens with one attached hydrogen (secondary N) is 2. The molecular weight excluding hydrogens is 276 g/mol. The topological polar surface area (TPSA) is 78.4 Å². The minimum atomic E-state index is -1.03. The van der Waals surface area contributed by atoms with Gasteiger partial charge in [-0.1, -0.05) is 30.3 Å². The van der Waals surface area contributed by atoms with Crippen molar-refractivity contribution in [2.45, 2.75) is 18.9 Å². The van der Waals surface area contributed by atoms with Crippen molar-refractivity contribution in [2.24, 2.45) is 0 Å². The third-order valence-corrected chi connectivity index (χ3v) is 3.39. The van der Waals surface area contributed by atoms with Crippen molar-refractivity contribution in [2.75, 3.05) is 18.6 Å². The second-order valence-electron chi connectivity index (χ2n) is 4.33. The van der Waals surface area contributed by atoms with Crippen LogP contribution in [0.5, 0.6) is 0 Å². The van der Waals surface area contributed by atoms with E-state index in [1.807, 2.05) is 36.6 Å². The van der Waals surface area contributed by atoms with E-state index in [1.54, 1.807) is 11.8 Å². The predicted molar refractivity (Wildman–Crippen MR) is 81.1 cm³/mol. The van der Waals surface area contributed by atoms with Crippen LogP contribution in [0.4, 0.5) is 4.79 Å². The number of carboxylic acids is 1. The molecule has 3 N–H and O–H groups in total. The van der Waals surface area contributed by atoms with E-state index >= 15 is 0 Å². The standard InChI is InChI=1S/C14H20N2O3S/c1-20-9-5-8-15-14(19)16-12(13(17)18)10-11-6-3-2-4-7-11/h2-4,6-7,12H,5,8-10H2,1H3,(H,17,18)(H2,15,16,19). The molecule has 1 aromatic carbocycles. The molecule has 110 valence electrons. The molecule has 0 aromatic heterocycles. The minimum absolute atomic E-state index is 0.272. The lowest BCUT2D eigenvalue weighted by Gasteiger charge is -2.15. The van der Waals surface area contributed by atoms with E-state index < -0.39 is 18.0 Å². The summed E-state index contributed by atoms with van der Waals surface area (Å²) in [5.74, 6) is -0.0692. The first-order chi connectivity index (χ1) is 9.63. The Kier molecular flexibility index (Phi) is 7.57. The van der Waals surface area contributed by atoms with Gasteiger partial charge < -0.3 is 15.7 Å². The van der Waals surface area contributed by atoms with E-state index in [0.29, 0.717) is 6.54 Å². The second-order valence-corrected chi connectivity index (χ2v) is 5.31. The Balaban J connectivity index is 2.43. The normalized spacial score (nSPS) is 11.7. The molecule has 0 bridgehead atoms. The fourth-order valence-corrected chi connectivity index (χ4v) is 2.11. The fourth-order valence-electron chi connectivity index (χ4n) is 1.68. The zero-order valence-corrected chi connectivity index (χ0v) is 12.3. The molecule has 0 aliphatic heterocycles. The van der Waals surface area contributed by atoms with E-state index in [9.17, 15) is 9.59 Å². The van der Waals surface area contributed by atoms with Crippen LogP contribution in [0.3, 0.4) is 0 Å². The van der Waals surface area contributed by atoms with Crippen molar-refractivity contribution in [3.63, 3.8) is 0 Å². The first kappa shape index (κ1) is 16.4. The van der Waals surface area contributed by atoms with Crippen molar-refractivity contribution >= 4 is 23.8 Å². The molecule has 5 nitrogen and oxygen atoms in total. The van der Waals surface area contributed by atoms with Crippen LogP contribution in [-0.2, 0) is 11.2 Å². The lowest BCUT2D eigenvalue weighted by atomic mass is 10.1. The van der Waals surface area contributed by atoms with Gasteiger partial charge in [-0.2, -0.15) is 11.8 Å². The minimum Gasteiger partial charge on any atom is -0.480 e. The molecule has 0 spiro atoms. The summed E-state index contributed by atoms with van der Waals surface area (Å²) in [7, 11) is 0. The summed E-state index contributed by atoms with van der Waals surface area (Å²) in [5.41, 5.74) is 0.877. The van der Waals surface area contributed by atoms with Gasteiger partial charge in [0, 0.05) is 13.0 Å². The third-order valence-electron chi connectivity index (χ3n) is 2.70. The van der Waals surface area contributed by atoms with Gasteiger partial charge in [-0.25, -0.2) is 9.59 Å². The SMILES string of the molecule is CSCCCNC(=O)NC(Cc1ccccc1)C(=O)O. The number of rotatable bonds is 8. The van der Waals surface area contributed by atoms with Gasteiger partial charge in [0.05, 0.1) is 0 Å². The molecule has 0 aliphatic rings. The molecule has 1 unspecified atom stereocenters. The highest BCUT2D eigenvalue weighted by atomic mass is 32.2. The van der Waals surface area contributed by atoms with E-state index in [2.05, 4.69) is 10.6 Å². The van der Waals surface area contributed by atoms with Crippen LogP contribution in [0, 0.1) is 0 Å². The van der Waals surface area contributed by atoms with Crippen LogP contribution in [0.15, 0.2) is 30.3 Å². The smallest absolute Gasteiger partial charge is 0.326 e. The van der Waals surface area contributed by atoms with Crippen LogP contribution in [0.25, 0.3) is 0 Å². The molecule has 1 aromatic rings. The van der Waals surface area contributed by atoms with Crippen molar-refractivity contribution in [3.05, 3.63) is 35.9 Å². The van der Waals surface area contributed by atoms with E-state index in [4.69, 9.17) is 5.11 Å². The maximum Gasteiger partial charge on any atom is 0.326 e. The number of benzene rings is 1. The lowest BCUT2D eigenvalue weighted by Crippen LogP contribution is -2.47. The van der Waals surface area contributed by atoms with Crippen LogP contribution < -0.4 is 10.6 Å². The van der Waals surface area contributed by atoms with Crippen molar-refractivity contribution in [1.82, 2.24) is 10.6 Å². The molecule has 2 amide bonds. The number of carboxylic acid groups (broad SMARTS) is 1. The largest absolute Gasteiger partial charge is 0.480 e. The number of carbonyl (C=O) groups excluding carboxylic acids is 1. The highest BCUT2D eigenvalue weighted by Crippen LogP contribution is 2.03. The molecule has 1 rings (SSSR count). The number of hydrogen-bond donors (Lipinski definition) is 3. The average molecular weight is 296 g/mol. The third kappa shape index (κ3) is 6.47. The highest BCUT2D eigenvalue weighted by Gasteiger charge is 2.19. The first-order valence-electron chi connectivity index (χ1n) is 6.43. The summed E-state index contributed by atoms with van der Waals surface area (Å²) in [4.78, 5) is 22.8. The number of urea groups is 1. The summed E-state index contributed by atoms with van der Waals surface area (Å²) >= 11 is 1.71. The summed E-state index contributed by atoms with van der Waals surface area (Å²) in [6, 6.07) is 7.88. The molecule has 20 heavy (non-hydrogen) atoms. The molecular formula is C14H20N2O3S. The Morgan fingerprint density at radius 1 is 1.30 bits per heavy atom. The van der Waals surface area contributed by atoms with Gasteiger partial charge in [0.1, 0.15) is 6.04 Å². The predicted octanol–water partition coefficient (Wildman–Crippen LogP) is 1.73. The Morgan fingerprint density at radius 3 is 2.60 bits per heavy atom. The van der Waals surface area contributed by atoms with Crippen LogP contribution in [0.2, 0.25) is 0 Å². The average Bonchev–Trinajstić information content (AvgIpc) is 2.44. The Hall–Kier alpha value is -1.69. The molecule has 0 heterocycles. The quantitative estimate of drug-likeness (QED) is 0.638. The summed E-state index contributed by atoms with van der Waals surface area (Å²) in [5, 5.41) is 14.3. The van der Waals surface area contributed by atoms with Crippen LogP contribution >= 0.6 is 11.8 Å². The Bertz CT molecular complexity index is 426. The zero-order valence-electron chi connectivity index (χ0n) is 11.5. The molecule has 0 saturated carbocycles. The first-order valence-corrected chi connectivity index (χ1v) is 7.83. The van der Waals surface area contributed by atoms with Crippen LogP contribution in [0.1, 0.15) is 12.0 Å². The Morgan fingerprint density at radius 2 is 2.00 bits per heavy atom. The summed E-state index contributed by atoms with van der Waals surface area (Å²) in [6.07, 6.45) is 3.14. The summed E-state index contributed by atoms with van der Waals surface area (Å²) < 4.78 is 0. The number of thioether (sulfide) groups is 1. The van der Waals surface area contributed by atoms with E-state index in [-0.39, 0.29) is 6.42 Å². The molecule has 6 heteroatoms. The molecule has 0 aliphatic carbocycles. The maximum atomic E-state index is 11.6. The number of carbonyl (C=O) groups is 2. The highest BCUT2D eigenvalue weighted by molar-refractivity contribution is 7.98. The number of amides is 2. The van der Waals surface area contributed by atoms with Gasteiger partial charge in [-0.05, 0) is 24.0 Å². The monoisotopic (exact) mass is 296 g/mol. The van der Waals surface area contributed by atoms with E-state index in [0.717, 1.165) is 17.7 Å². The van der Waals surface area contributed by atoms with Gasteiger partial charge in [0.25, 0.3) is 0 Å². The number of hydrogen-bond acceptors (Lipinski definition) is 3. The molecule has 0 fully saturated rings. The molecule has 1 atom stereocenters. The van der Waals surface area contributed by atoms with Gasteiger partial charge in [0.15, 0.2) is 0 Å². The summed E-state index contributed by atoms with van der Waals surface area (Å²) in [6.45, 7) is 0.546. The van der Waals surface area contributed by atoms with Crippen molar-refractivity contribution in [1.29, 1.82) is 0 Å². The van der Waals surface area contributed by atoms with Gasteiger partial charge in [-0.3, -0.25) is 0 Å². The van der Waals surface area contributed by atoms with E-state index in [1.165, 1.54) is 0 Å². The van der Waals surface area contributed by atoms with Crippen molar-refractivity contribution < 1.29 is 14.7 Å². The molecule has 0 saturated heterocycles. The molecule has 0 radical (unpaired) electrons. The van der Waals surface area contributed by atoms with Gasteiger partial charge in [0.2, 0.25) is 0 Å². The lowest BCUT2D eigenvalue weighted by molar-refractivity contribution is -0.139. The maximum absolute atomic E-state index is 11.6. The second kappa shape index (κ2) is 9.25.